The molecular formula is C12H12ClFN2O2. The second kappa shape index (κ2) is 5.02. The largest absolute Gasteiger partial charge is 0.310 e. The molecule has 0 radical (unpaired) electrons. The van der Waals surface area contributed by atoms with Gasteiger partial charge in [0.25, 0.3) is 0 Å². The molecule has 2 atom stereocenters. The first-order valence-corrected chi connectivity index (χ1v) is 5.69. The predicted molar refractivity (Wildman–Crippen MR) is 65.5 cm³/mol. The van der Waals surface area contributed by atoms with Crippen molar-refractivity contribution in [2.45, 2.75) is 25.9 Å². The van der Waals surface area contributed by atoms with Gasteiger partial charge in [-0.15, -0.1) is 0 Å². The van der Waals surface area contributed by atoms with E-state index in [2.05, 4.69) is 10.3 Å². The van der Waals surface area contributed by atoms with Gasteiger partial charge in [-0.25, -0.2) is 9.37 Å². The molecule has 18 heavy (non-hydrogen) atoms. The minimum Gasteiger partial charge on any atom is -0.310 e. The normalized spacial score (nSPS) is 24.7. The smallest absolute Gasteiger partial charge is 0.231 e. The number of Topliss-reactive ketones (excluding diaryl/α,β-unsaturated/α-hetero) is 1. The fourth-order valence-corrected chi connectivity index (χ4v) is 1.71. The maximum absolute atomic E-state index is 12.7. The Morgan fingerprint density at radius 3 is 3.00 bits per heavy atom. The van der Waals surface area contributed by atoms with Crippen molar-refractivity contribution in [2.75, 3.05) is 5.32 Å². The van der Waals surface area contributed by atoms with E-state index in [4.69, 9.17) is 15.7 Å². The maximum Gasteiger partial charge on any atom is 0.231 e. The molecule has 1 amide bonds. The second-order valence-electron chi connectivity index (χ2n) is 4.00. The molecule has 1 aliphatic carbocycles. The van der Waals surface area contributed by atoms with E-state index in [1.54, 1.807) is 0 Å². The summed E-state index contributed by atoms with van der Waals surface area (Å²) in [6.45, 7) is -2.39. The quantitative estimate of drug-likeness (QED) is 0.858. The average molecular weight is 274 g/mol. The topological polar surface area (TPSA) is 59.1 Å². The van der Waals surface area contributed by atoms with Crippen molar-refractivity contribution in [1.82, 2.24) is 4.98 Å². The fourth-order valence-electron chi connectivity index (χ4n) is 1.45. The summed E-state index contributed by atoms with van der Waals surface area (Å²) in [6, 6.07) is 1.24. The highest BCUT2D eigenvalue weighted by molar-refractivity contribution is 6.34. The van der Waals surface area contributed by atoms with Crippen LogP contribution in [-0.2, 0) is 4.79 Å². The molecule has 0 saturated heterocycles. The predicted octanol–water partition coefficient (Wildman–Crippen LogP) is 2.62. The highest BCUT2D eigenvalue weighted by Gasteiger charge is 2.43. The zero-order valence-corrected chi connectivity index (χ0v) is 10.00. The van der Waals surface area contributed by atoms with E-state index in [1.165, 1.54) is 6.07 Å². The van der Waals surface area contributed by atoms with Crippen molar-refractivity contribution in [3.8, 4) is 0 Å². The van der Waals surface area contributed by atoms with Crippen molar-refractivity contribution in [1.29, 1.82) is 0 Å². The van der Waals surface area contributed by atoms with Crippen molar-refractivity contribution >= 4 is 29.1 Å². The van der Waals surface area contributed by atoms with Gasteiger partial charge in [-0.05, 0) is 6.42 Å². The van der Waals surface area contributed by atoms with Crippen molar-refractivity contribution in [3.05, 3.63) is 22.8 Å². The van der Waals surface area contributed by atoms with Gasteiger partial charge in [0.15, 0.2) is 5.78 Å². The number of nitrogens with zero attached hydrogens (tertiary/aromatic N) is 1. The highest BCUT2D eigenvalue weighted by atomic mass is 35.5. The van der Waals surface area contributed by atoms with Crippen molar-refractivity contribution in [2.24, 2.45) is 5.92 Å². The molecule has 1 saturated carbocycles. The molecule has 1 aliphatic rings. The van der Waals surface area contributed by atoms with E-state index in [9.17, 15) is 14.0 Å². The van der Waals surface area contributed by atoms with Gasteiger partial charge in [0.05, 0.1) is 16.5 Å². The minimum atomic E-state index is -2.39. The number of amides is 1. The third-order valence-corrected chi connectivity index (χ3v) is 2.93. The van der Waals surface area contributed by atoms with Gasteiger partial charge in [-0.1, -0.05) is 18.5 Å². The minimum absolute atomic E-state index is 0.0119. The first-order valence-electron chi connectivity index (χ1n) is 6.81. The number of halogens is 2. The van der Waals surface area contributed by atoms with Crippen LogP contribution in [0.1, 0.15) is 34.2 Å². The third-order valence-electron chi connectivity index (χ3n) is 2.62. The summed E-state index contributed by atoms with van der Waals surface area (Å²) in [5.74, 6) is -1.72. The number of pyridine rings is 1. The zero-order chi connectivity index (χ0) is 15.8. The Morgan fingerprint density at radius 2 is 2.44 bits per heavy atom. The van der Waals surface area contributed by atoms with Crippen LogP contribution in [0.2, 0.25) is 5.02 Å². The lowest BCUT2D eigenvalue weighted by Gasteiger charge is -2.06. The summed E-state index contributed by atoms with van der Waals surface area (Å²) < 4.78 is 33.9. The van der Waals surface area contributed by atoms with Gasteiger partial charge < -0.3 is 5.32 Å². The van der Waals surface area contributed by atoms with Crippen LogP contribution >= 0.6 is 11.6 Å². The van der Waals surface area contributed by atoms with Gasteiger partial charge in [0, 0.05) is 22.8 Å². The van der Waals surface area contributed by atoms with E-state index in [1.807, 2.05) is 0 Å². The Bertz CT molecular complexity index is 594. The molecule has 1 fully saturated rings. The van der Waals surface area contributed by atoms with Gasteiger partial charge in [0.2, 0.25) is 5.91 Å². The number of ketones is 1. The van der Waals surface area contributed by atoms with Gasteiger partial charge in [-0.3, -0.25) is 9.59 Å². The molecule has 1 N–H and O–H groups in total. The van der Waals surface area contributed by atoms with Crippen LogP contribution in [0.4, 0.5) is 10.2 Å². The fraction of sp³-hybridized carbons (Fsp3) is 0.417. The summed E-state index contributed by atoms with van der Waals surface area (Å²) in [5, 5.41) is 2.38. The molecule has 0 unspecified atom stereocenters. The lowest BCUT2D eigenvalue weighted by molar-refractivity contribution is -0.117. The molecular weight excluding hydrogens is 259 g/mol. The number of carbonyl (C=O) groups is 2. The Hall–Kier alpha value is -1.49. The number of hydrogen-bond acceptors (Lipinski definition) is 3. The number of nitrogens with one attached hydrogen (secondary N) is 1. The molecule has 1 aromatic heterocycles. The maximum atomic E-state index is 12.7. The lowest BCUT2D eigenvalue weighted by Crippen LogP contribution is -2.16. The Labute approximate surface area is 113 Å². The Kier molecular flexibility index (Phi) is 2.63. The number of hydrogen-bond donors (Lipinski definition) is 1. The van der Waals surface area contributed by atoms with E-state index in [0.29, 0.717) is 0 Å². The van der Waals surface area contributed by atoms with E-state index < -0.39 is 37.1 Å². The summed E-state index contributed by atoms with van der Waals surface area (Å²) in [7, 11) is 0. The molecule has 1 aromatic rings. The molecule has 6 heteroatoms. The molecule has 0 aromatic carbocycles. The van der Waals surface area contributed by atoms with E-state index in [-0.39, 0.29) is 22.8 Å². The highest BCUT2D eigenvalue weighted by Crippen LogP contribution is 2.34. The monoisotopic (exact) mass is 273 g/mol. The first-order chi connectivity index (χ1) is 9.67. The van der Waals surface area contributed by atoms with E-state index in [0.717, 1.165) is 6.20 Å². The number of alkyl halides is 1. The van der Waals surface area contributed by atoms with Crippen LogP contribution in [0.3, 0.4) is 0 Å². The van der Waals surface area contributed by atoms with Crippen LogP contribution in [0.15, 0.2) is 12.3 Å². The van der Waals surface area contributed by atoms with Crippen LogP contribution < -0.4 is 5.32 Å². The average Bonchev–Trinajstić information content (AvgIpc) is 3.04. The summed E-state index contributed by atoms with van der Waals surface area (Å²) >= 11 is 5.89. The van der Waals surface area contributed by atoms with Crippen LogP contribution in [0.25, 0.3) is 0 Å². The molecule has 0 aliphatic heterocycles. The third kappa shape index (κ3) is 2.67. The summed E-state index contributed by atoms with van der Waals surface area (Å²) in [5.41, 5.74) is -0.0272. The number of anilines is 1. The van der Waals surface area contributed by atoms with Gasteiger partial charge >= 0.3 is 0 Å². The Balaban J connectivity index is 2.07. The molecule has 1 heterocycles. The van der Waals surface area contributed by atoms with Crippen LogP contribution in [-0.4, -0.2) is 22.8 Å². The molecule has 2 rings (SSSR count). The van der Waals surface area contributed by atoms with E-state index >= 15 is 0 Å². The van der Waals surface area contributed by atoms with Gasteiger partial charge in [-0.2, -0.15) is 0 Å². The van der Waals surface area contributed by atoms with Crippen molar-refractivity contribution < 1.29 is 18.1 Å². The SMILES string of the molecule is [2H]C([2H])([2H])CC(=O)c1cnc(NC(=O)[C@H]2C[C@H]2F)cc1Cl. The molecule has 4 nitrogen and oxygen atoms in total. The number of carbonyl (C=O) groups excluding carboxylic acids is 2. The number of aromatic nitrogens is 1. The van der Waals surface area contributed by atoms with Crippen LogP contribution in [0, 0.1) is 5.92 Å². The van der Waals surface area contributed by atoms with Gasteiger partial charge in [0.1, 0.15) is 12.0 Å². The number of rotatable bonds is 4. The summed E-state index contributed by atoms with van der Waals surface area (Å²) in [4.78, 5) is 27.1. The lowest BCUT2D eigenvalue weighted by atomic mass is 10.1. The standard InChI is InChI=1S/C12H12ClFN2O2/c1-2-10(17)7-5-15-11(4-8(7)13)16-12(18)6-3-9(6)14/h4-6,9H,2-3H2,1H3,(H,15,16,18)/t6-,9+/m0/s1/i1D3. The molecule has 0 spiro atoms. The first kappa shape index (κ1) is 9.44. The van der Waals surface area contributed by atoms with Crippen molar-refractivity contribution in [3.63, 3.8) is 0 Å². The molecule has 0 bridgehead atoms. The van der Waals surface area contributed by atoms with Crippen LogP contribution in [0.5, 0.6) is 0 Å². The summed E-state index contributed by atoms with van der Waals surface area (Å²) in [6.07, 6.45) is -0.479. The Morgan fingerprint density at radius 1 is 1.72 bits per heavy atom. The molecule has 96 valence electrons. The zero-order valence-electron chi connectivity index (χ0n) is 12.2. The second-order valence-corrected chi connectivity index (χ2v) is 4.40.